The van der Waals surface area contributed by atoms with Crippen molar-refractivity contribution in [3.8, 4) is 0 Å². The van der Waals surface area contributed by atoms with Crippen LogP contribution in [0.2, 0.25) is 10.0 Å². The molecule has 3 rings (SSSR count). The van der Waals surface area contributed by atoms with Crippen LogP contribution in [0, 0.1) is 0 Å². The maximum atomic E-state index is 12.7. The zero-order valence-corrected chi connectivity index (χ0v) is 14.2. The lowest BCUT2D eigenvalue weighted by Gasteiger charge is -2.20. The molecule has 1 heterocycles. The Morgan fingerprint density at radius 3 is 2.50 bits per heavy atom. The van der Waals surface area contributed by atoms with Gasteiger partial charge in [0.15, 0.2) is 0 Å². The zero-order chi connectivity index (χ0) is 17.3. The SMILES string of the molecule is C[C@@]1(c2ccccc2)NC(=O)N(/N=C\c2cccc(Cl)c2Cl)C1=O. The van der Waals surface area contributed by atoms with Crippen molar-refractivity contribution in [3.63, 3.8) is 0 Å². The summed E-state index contributed by atoms with van der Waals surface area (Å²) in [6, 6.07) is 13.4. The summed E-state index contributed by atoms with van der Waals surface area (Å²) in [6.45, 7) is 1.64. The number of nitrogens with zero attached hydrogens (tertiary/aromatic N) is 2. The van der Waals surface area contributed by atoms with Crippen molar-refractivity contribution in [1.29, 1.82) is 0 Å². The Morgan fingerprint density at radius 1 is 1.08 bits per heavy atom. The summed E-state index contributed by atoms with van der Waals surface area (Å²) in [5, 5.41) is 8.13. The van der Waals surface area contributed by atoms with Gasteiger partial charge in [-0.1, -0.05) is 65.7 Å². The van der Waals surface area contributed by atoms with Crippen LogP contribution in [0.3, 0.4) is 0 Å². The lowest BCUT2D eigenvalue weighted by atomic mass is 9.92. The molecule has 3 amide bonds. The lowest BCUT2D eigenvalue weighted by molar-refractivity contribution is -0.131. The first kappa shape index (κ1) is 16.5. The minimum Gasteiger partial charge on any atom is -0.318 e. The number of carbonyl (C=O) groups is 2. The Kier molecular flexibility index (Phi) is 4.30. The van der Waals surface area contributed by atoms with Crippen LogP contribution in [-0.2, 0) is 10.3 Å². The Hall–Kier alpha value is -2.37. The number of benzene rings is 2. The molecule has 1 fully saturated rings. The monoisotopic (exact) mass is 361 g/mol. The van der Waals surface area contributed by atoms with Crippen LogP contribution in [0.25, 0.3) is 0 Å². The second-order valence-corrected chi connectivity index (χ2v) is 6.21. The van der Waals surface area contributed by atoms with Gasteiger partial charge < -0.3 is 5.32 Å². The maximum absolute atomic E-state index is 12.7. The summed E-state index contributed by atoms with van der Waals surface area (Å²) < 4.78 is 0. The van der Waals surface area contributed by atoms with Crippen LogP contribution in [0.15, 0.2) is 53.6 Å². The Bertz CT molecular complexity index is 839. The molecule has 1 aliphatic heterocycles. The minimum absolute atomic E-state index is 0.306. The first-order valence-electron chi connectivity index (χ1n) is 7.14. The molecule has 122 valence electrons. The molecule has 0 spiro atoms. The molecule has 1 N–H and O–H groups in total. The molecule has 0 radical (unpaired) electrons. The summed E-state index contributed by atoms with van der Waals surface area (Å²) in [6.07, 6.45) is 1.34. The molecule has 0 aromatic heterocycles. The van der Waals surface area contributed by atoms with E-state index in [0.29, 0.717) is 21.2 Å². The average Bonchev–Trinajstić information content (AvgIpc) is 2.80. The van der Waals surface area contributed by atoms with Gasteiger partial charge in [-0.3, -0.25) is 4.79 Å². The van der Waals surface area contributed by atoms with Gasteiger partial charge in [0.1, 0.15) is 5.54 Å². The van der Waals surface area contributed by atoms with Gasteiger partial charge in [0.05, 0.1) is 16.3 Å². The molecular formula is C17H13Cl2N3O2. The van der Waals surface area contributed by atoms with Crippen LogP contribution in [0.1, 0.15) is 18.1 Å². The lowest BCUT2D eigenvalue weighted by Crippen LogP contribution is -2.40. The summed E-state index contributed by atoms with van der Waals surface area (Å²) in [5.41, 5.74) is 0.0355. The molecule has 7 heteroatoms. The van der Waals surface area contributed by atoms with Crippen LogP contribution >= 0.6 is 23.2 Å². The predicted molar refractivity (Wildman–Crippen MR) is 93.2 cm³/mol. The third-order valence-electron chi connectivity index (χ3n) is 3.81. The standard InChI is InChI=1S/C17H13Cl2N3O2/c1-17(12-7-3-2-4-8-12)15(23)22(16(24)21-17)20-10-11-6-5-9-13(18)14(11)19/h2-10H,1H3,(H,21,24)/b20-10-/t17-/m0/s1. The zero-order valence-electron chi connectivity index (χ0n) is 12.7. The number of hydrazone groups is 1. The van der Waals surface area contributed by atoms with Crippen molar-refractivity contribution < 1.29 is 9.59 Å². The van der Waals surface area contributed by atoms with E-state index in [1.165, 1.54) is 6.21 Å². The van der Waals surface area contributed by atoms with Crippen molar-refractivity contribution in [1.82, 2.24) is 10.3 Å². The summed E-state index contributed by atoms with van der Waals surface area (Å²) in [7, 11) is 0. The third-order valence-corrected chi connectivity index (χ3v) is 4.65. The fraction of sp³-hybridized carbons (Fsp3) is 0.118. The van der Waals surface area contributed by atoms with Gasteiger partial charge in [-0.15, -0.1) is 5.01 Å². The van der Waals surface area contributed by atoms with Crippen LogP contribution < -0.4 is 5.32 Å². The molecule has 0 saturated carbocycles. The van der Waals surface area contributed by atoms with Gasteiger partial charge in [0.2, 0.25) is 0 Å². The molecule has 1 aliphatic rings. The van der Waals surface area contributed by atoms with Gasteiger partial charge in [0.25, 0.3) is 5.91 Å². The van der Waals surface area contributed by atoms with Crippen molar-refractivity contribution in [2.24, 2.45) is 5.10 Å². The Labute approximate surface area is 148 Å². The summed E-state index contributed by atoms with van der Waals surface area (Å²) in [4.78, 5) is 24.8. The molecule has 1 saturated heterocycles. The highest BCUT2D eigenvalue weighted by Crippen LogP contribution is 2.29. The number of nitrogens with one attached hydrogen (secondary N) is 1. The van der Waals surface area contributed by atoms with E-state index >= 15 is 0 Å². The average molecular weight is 362 g/mol. The van der Waals surface area contributed by atoms with E-state index in [9.17, 15) is 9.59 Å². The number of carbonyl (C=O) groups excluding carboxylic acids is 2. The minimum atomic E-state index is -1.16. The van der Waals surface area contributed by atoms with Crippen molar-refractivity contribution in [2.75, 3.05) is 0 Å². The van der Waals surface area contributed by atoms with E-state index in [1.807, 2.05) is 6.07 Å². The largest absolute Gasteiger partial charge is 0.346 e. The van der Waals surface area contributed by atoms with Crippen LogP contribution in [0.5, 0.6) is 0 Å². The number of hydrogen-bond donors (Lipinski definition) is 1. The molecule has 5 nitrogen and oxygen atoms in total. The first-order chi connectivity index (χ1) is 11.4. The summed E-state index contributed by atoms with van der Waals surface area (Å²) >= 11 is 12.0. The molecule has 1 atom stereocenters. The maximum Gasteiger partial charge on any atom is 0.346 e. The number of amides is 3. The number of halogens is 2. The van der Waals surface area contributed by atoms with E-state index in [0.717, 1.165) is 5.01 Å². The smallest absolute Gasteiger partial charge is 0.318 e. The first-order valence-corrected chi connectivity index (χ1v) is 7.89. The number of rotatable bonds is 3. The number of imide groups is 1. The Morgan fingerprint density at radius 2 is 1.79 bits per heavy atom. The Balaban J connectivity index is 1.90. The highest BCUT2D eigenvalue weighted by Gasteiger charge is 2.49. The number of urea groups is 1. The quantitative estimate of drug-likeness (QED) is 0.667. The van der Waals surface area contributed by atoms with Crippen molar-refractivity contribution in [2.45, 2.75) is 12.5 Å². The van der Waals surface area contributed by atoms with E-state index < -0.39 is 17.5 Å². The van der Waals surface area contributed by atoms with E-state index in [1.54, 1.807) is 49.4 Å². The van der Waals surface area contributed by atoms with Crippen molar-refractivity contribution >= 4 is 41.4 Å². The normalized spacial score (nSPS) is 20.7. The van der Waals surface area contributed by atoms with E-state index in [4.69, 9.17) is 23.2 Å². The third kappa shape index (κ3) is 2.77. The van der Waals surface area contributed by atoms with Gasteiger partial charge in [-0.05, 0) is 18.6 Å². The number of hydrogen-bond acceptors (Lipinski definition) is 3. The molecule has 0 bridgehead atoms. The fourth-order valence-corrected chi connectivity index (χ4v) is 2.79. The van der Waals surface area contributed by atoms with Gasteiger partial charge in [-0.2, -0.15) is 5.10 Å². The predicted octanol–water partition coefficient (Wildman–Crippen LogP) is 3.79. The van der Waals surface area contributed by atoms with Gasteiger partial charge in [-0.25, -0.2) is 4.79 Å². The second-order valence-electron chi connectivity index (χ2n) is 5.43. The van der Waals surface area contributed by atoms with E-state index in [-0.39, 0.29) is 0 Å². The van der Waals surface area contributed by atoms with Crippen LogP contribution in [-0.4, -0.2) is 23.2 Å². The van der Waals surface area contributed by atoms with Gasteiger partial charge >= 0.3 is 6.03 Å². The fourth-order valence-electron chi connectivity index (χ4n) is 2.44. The molecular weight excluding hydrogens is 349 g/mol. The molecule has 0 unspecified atom stereocenters. The highest BCUT2D eigenvalue weighted by molar-refractivity contribution is 6.43. The van der Waals surface area contributed by atoms with E-state index in [2.05, 4.69) is 10.4 Å². The molecule has 2 aromatic carbocycles. The molecule has 2 aromatic rings. The second kappa shape index (κ2) is 6.26. The highest BCUT2D eigenvalue weighted by atomic mass is 35.5. The topological polar surface area (TPSA) is 61.8 Å². The summed E-state index contributed by atoms with van der Waals surface area (Å²) in [5.74, 6) is -0.465. The van der Waals surface area contributed by atoms with Crippen LogP contribution in [0.4, 0.5) is 4.79 Å². The van der Waals surface area contributed by atoms with Gasteiger partial charge in [0, 0.05) is 5.56 Å². The van der Waals surface area contributed by atoms with Crippen molar-refractivity contribution in [3.05, 3.63) is 69.7 Å². The molecule has 24 heavy (non-hydrogen) atoms. The molecule has 0 aliphatic carbocycles.